The number of anilines is 2. The van der Waals surface area contributed by atoms with Crippen LogP contribution in [-0.2, 0) is 6.54 Å². The summed E-state index contributed by atoms with van der Waals surface area (Å²) < 4.78 is 0. The molecule has 0 fully saturated rings. The van der Waals surface area contributed by atoms with Crippen molar-refractivity contribution in [2.24, 2.45) is 0 Å². The molecule has 0 aliphatic heterocycles. The molecule has 6 nitrogen and oxygen atoms in total. The summed E-state index contributed by atoms with van der Waals surface area (Å²) in [5.41, 5.74) is 1.77. The zero-order valence-electron chi connectivity index (χ0n) is 12.6. The molecule has 24 heavy (non-hydrogen) atoms. The Morgan fingerprint density at radius 1 is 1.04 bits per heavy atom. The molecule has 0 radical (unpaired) electrons. The topological polar surface area (TPSA) is 79.8 Å². The molecule has 0 aliphatic carbocycles. The summed E-state index contributed by atoms with van der Waals surface area (Å²) in [6.45, 7) is 0.577. The molecule has 0 atom stereocenters. The maximum Gasteiger partial charge on any atom is 0.276 e. The summed E-state index contributed by atoms with van der Waals surface area (Å²) in [5, 5.41) is 14.2. The lowest BCUT2D eigenvalue weighted by molar-refractivity contribution is 0.102. The SMILES string of the molecule is O=C(Nc1ccccc1Cl)c1ccc(NCc2cccnc2)nn1. The fraction of sp³-hybridized carbons (Fsp3) is 0.0588. The molecule has 3 rings (SSSR count). The normalized spacial score (nSPS) is 10.2. The summed E-state index contributed by atoms with van der Waals surface area (Å²) in [5.74, 6) is 0.211. The minimum atomic E-state index is -0.366. The molecule has 0 spiro atoms. The number of nitrogens with one attached hydrogen (secondary N) is 2. The van der Waals surface area contributed by atoms with Gasteiger partial charge in [-0.1, -0.05) is 29.8 Å². The third kappa shape index (κ3) is 4.05. The number of para-hydroxylation sites is 1. The van der Waals surface area contributed by atoms with Crippen LogP contribution in [0.5, 0.6) is 0 Å². The van der Waals surface area contributed by atoms with Crippen molar-refractivity contribution in [3.05, 3.63) is 77.2 Å². The van der Waals surface area contributed by atoms with Crippen molar-refractivity contribution in [3.63, 3.8) is 0 Å². The molecule has 7 heteroatoms. The molecule has 0 unspecified atom stereocenters. The minimum absolute atomic E-state index is 0.210. The molecule has 0 aliphatic rings. The number of carbonyl (C=O) groups is 1. The first-order valence-corrected chi connectivity index (χ1v) is 7.62. The Kier molecular flexibility index (Phi) is 4.98. The lowest BCUT2D eigenvalue weighted by atomic mass is 10.3. The molecule has 120 valence electrons. The van der Waals surface area contributed by atoms with Crippen LogP contribution in [0.3, 0.4) is 0 Å². The Hall–Kier alpha value is -2.99. The highest BCUT2D eigenvalue weighted by atomic mass is 35.5. The maximum absolute atomic E-state index is 12.2. The lowest BCUT2D eigenvalue weighted by Crippen LogP contribution is -2.15. The second-order valence-corrected chi connectivity index (χ2v) is 5.36. The number of halogens is 1. The highest BCUT2D eigenvalue weighted by Crippen LogP contribution is 2.20. The molecule has 0 saturated heterocycles. The zero-order valence-corrected chi connectivity index (χ0v) is 13.4. The van der Waals surface area contributed by atoms with Gasteiger partial charge in [0, 0.05) is 18.9 Å². The van der Waals surface area contributed by atoms with Crippen molar-refractivity contribution in [2.45, 2.75) is 6.54 Å². The van der Waals surface area contributed by atoms with Gasteiger partial charge >= 0.3 is 0 Å². The van der Waals surface area contributed by atoms with E-state index in [0.717, 1.165) is 5.56 Å². The first-order valence-electron chi connectivity index (χ1n) is 7.25. The Labute approximate surface area is 143 Å². The van der Waals surface area contributed by atoms with E-state index in [4.69, 9.17) is 11.6 Å². The number of pyridine rings is 1. The molecule has 1 aromatic carbocycles. The fourth-order valence-electron chi connectivity index (χ4n) is 1.99. The van der Waals surface area contributed by atoms with Crippen LogP contribution in [0.25, 0.3) is 0 Å². The predicted octanol–water partition coefficient (Wildman–Crippen LogP) is 3.39. The van der Waals surface area contributed by atoms with Crippen LogP contribution in [0, 0.1) is 0 Å². The monoisotopic (exact) mass is 339 g/mol. The molecular formula is C17H14ClN5O. The summed E-state index contributed by atoms with van der Waals surface area (Å²) >= 11 is 6.01. The molecular weight excluding hydrogens is 326 g/mol. The minimum Gasteiger partial charge on any atom is -0.364 e. The van der Waals surface area contributed by atoms with Gasteiger partial charge in [0.15, 0.2) is 5.69 Å². The van der Waals surface area contributed by atoms with Crippen LogP contribution in [0.4, 0.5) is 11.5 Å². The van der Waals surface area contributed by atoms with Crippen molar-refractivity contribution in [1.82, 2.24) is 15.2 Å². The van der Waals surface area contributed by atoms with Crippen molar-refractivity contribution in [3.8, 4) is 0 Å². The molecule has 0 bridgehead atoms. The van der Waals surface area contributed by atoms with Crippen LogP contribution >= 0.6 is 11.6 Å². The Bertz CT molecular complexity index is 824. The average molecular weight is 340 g/mol. The molecule has 2 N–H and O–H groups in total. The quantitative estimate of drug-likeness (QED) is 0.744. The Morgan fingerprint density at radius 3 is 2.62 bits per heavy atom. The van der Waals surface area contributed by atoms with E-state index < -0.39 is 0 Å². The second kappa shape index (κ2) is 7.52. The summed E-state index contributed by atoms with van der Waals surface area (Å²) in [7, 11) is 0. The number of carbonyl (C=O) groups excluding carboxylic acids is 1. The van der Waals surface area contributed by atoms with Crippen molar-refractivity contribution >= 4 is 29.0 Å². The number of nitrogens with zero attached hydrogens (tertiary/aromatic N) is 3. The molecule has 1 amide bonds. The van der Waals surface area contributed by atoms with Gasteiger partial charge in [-0.15, -0.1) is 10.2 Å². The largest absolute Gasteiger partial charge is 0.364 e. The number of rotatable bonds is 5. The predicted molar refractivity (Wildman–Crippen MR) is 93.0 cm³/mol. The maximum atomic E-state index is 12.2. The van der Waals surface area contributed by atoms with Crippen molar-refractivity contribution in [2.75, 3.05) is 10.6 Å². The summed E-state index contributed by atoms with van der Waals surface area (Å²) in [6.07, 6.45) is 3.49. The number of hydrogen-bond donors (Lipinski definition) is 2. The van der Waals surface area contributed by atoms with Gasteiger partial charge in [0.05, 0.1) is 10.7 Å². The van der Waals surface area contributed by atoms with Gasteiger partial charge in [0.25, 0.3) is 5.91 Å². The van der Waals surface area contributed by atoms with Gasteiger partial charge < -0.3 is 10.6 Å². The first kappa shape index (κ1) is 15.9. The Morgan fingerprint density at radius 2 is 1.92 bits per heavy atom. The molecule has 3 aromatic rings. The van der Waals surface area contributed by atoms with Crippen LogP contribution in [-0.4, -0.2) is 21.1 Å². The third-order valence-electron chi connectivity index (χ3n) is 3.22. The molecule has 2 aromatic heterocycles. The first-order chi connectivity index (χ1) is 11.7. The number of aromatic nitrogens is 3. The van der Waals surface area contributed by atoms with Gasteiger partial charge in [0.2, 0.25) is 0 Å². The Balaban J connectivity index is 1.61. The van der Waals surface area contributed by atoms with E-state index in [-0.39, 0.29) is 11.6 Å². The smallest absolute Gasteiger partial charge is 0.276 e. The molecule has 0 saturated carbocycles. The average Bonchev–Trinajstić information content (AvgIpc) is 2.63. The van der Waals surface area contributed by atoms with E-state index in [1.165, 1.54) is 0 Å². The summed E-state index contributed by atoms with van der Waals surface area (Å²) in [4.78, 5) is 16.2. The molecule has 2 heterocycles. The standard InChI is InChI=1S/C17H14ClN5O/c18-13-5-1-2-6-14(13)21-17(24)15-7-8-16(23-22-15)20-11-12-4-3-9-19-10-12/h1-10H,11H2,(H,20,23)(H,21,24). The van der Waals surface area contributed by atoms with Gasteiger partial charge in [0.1, 0.15) is 5.82 Å². The van der Waals surface area contributed by atoms with E-state index in [0.29, 0.717) is 23.1 Å². The zero-order chi connectivity index (χ0) is 16.8. The van der Waals surface area contributed by atoms with Crippen molar-refractivity contribution in [1.29, 1.82) is 0 Å². The number of amides is 1. The van der Waals surface area contributed by atoms with Gasteiger partial charge in [-0.25, -0.2) is 0 Å². The van der Waals surface area contributed by atoms with E-state index in [1.807, 2.05) is 12.1 Å². The van der Waals surface area contributed by atoms with Crippen molar-refractivity contribution < 1.29 is 4.79 Å². The fourth-order valence-corrected chi connectivity index (χ4v) is 2.17. The van der Waals surface area contributed by atoms with E-state index in [2.05, 4.69) is 25.8 Å². The van der Waals surface area contributed by atoms with Crippen LogP contribution in [0.15, 0.2) is 60.9 Å². The second-order valence-electron chi connectivity index (χ2n) is 4.95. The highest BCUT2D eigenvalue weighted by Gasteiger charge is 2.10. The van der Waals surface area contributed by atoms with Crippen LogP contribution in [0.2, 0.25) is 5.02 Å². The lowest BCUT2D eigenvalue weighted by Gasteiger charge is -2.07. The van der Waals surface area contributed by atoms with Crippen LogP contribution in [0.1, 0.15) is 16.1 Å². The number of benzene rings is 1. The van der Waals surface area contributed by atoms with Gasteiger partial charge in [-0.05, 0) is 35.9 Å². The van der Waals surface area contributed by atoms with E-state index in [1.54, 1.807) is 48.8 Å². The van der Waals surface area contributed by atoms with E-state index >= 15 is 0 Å². The highest BCUT2D eigenvalue weighted by molar-refractivity contribution is 6.33. The number of hydrogen-bond acceptors (Lipinski definition) is 5. The summed E-state index contributed by atoms with van der Waals surface area (Å²) in [6, 6.07) is 14.1. The van der Waals surface area contributed by atoms with E-state index in [9.17, 15) is 4.79 Å². The van der Waals surface area contributed by atoms with Crippen LogP contribution < -0.4 is 10.6 Å². The van der Waals surface area contributed by atoms with Gasteiger partial charge in [-0.3, -0.25) is 9.78 Å². The van der Waals surface area contributed by atoms with Gasteiger partial charge in [-0.2, -0.15) is 0 Å². The third-order valence-corrected chi connectivity index (χ3v) is 3.55.